The summed E-state index contributed by atoms with van der Waals surface area (Å²) in [6.07, 6.45) is 22.0. The molecule has 0 aromatic heterocycles. The van der Waals surface area contributed by atoms with E-state index in [1.165, 1.54) is 89.9 Å². The van der Waals surface area contributed by atoms with E-state index in [9.17, 15) is 4.79 Å². The van der Waals surface area contributed by atoms with E-state index in [2.05, 4.69) is 11.9 Å². The van der Waals surface area contributed by atoms with Gasteiger partial charge in [-0.05, 0) is 20.3 Å². The molecule has 0 aliphatic heterocycles. The van der Waals surface area contributed by atoms with Gasteiger partial charge in [-0.15, -0.1) is 0 Å². The summed E-state index contributed by atoms with van der Waals surface area (Å²) in [7, 11) is 0. The molecule has 0 rings (SSSR count). The third-order valence-electron chi connectivity index (χ3n) is 4.49. The van der Waals surface area contributed by atoms with Crippen LogP contribution in [0.15, 0.2) is 4.99 Å². The quantitative estimate of drug-likeness (QED) is 0.172. The Bertz CT molecular complexity index is 279. The van der Waals surface area contributed by atoms with Gasteiger partial charge in [-0.1, -0.05) is 96.8 Å². The summed E-state index contributed by atoms with van der Waals surface area (Å²) < 4.78 is 0. The number of unbranched alkanes of at least 4 members (excludes halogenated alkanes) is 13. The number of nitrogens with zero attached hydrogens (tertiary/aromatic N) is 1. The molecule has 2 nitrogen and oxygen atoms in total. The molecule has 0 aromatic rings. The minimum atomic E-state index is -0.209. The maximum atomic E-state index is 10.3. The van der Waals surface area contributed by atoms with Gasteiger partial charge in [0.1, 0.15) is 0 Å². The van der Waals surface area contributed by atoms with Crippen LogP contribution in [0.1, 0.15) is 117 Å². The van der Waals surface area contributed by atoms with Crippen LogP contribution >= 0.6 is 0 Å². The first-order chi connectivity index (χ1) is 10.6. The van der Waals surface area contributed by atoms with E-state index in [1.807, 2.05) is 13.8 Å². The molecule has 0 atom stereocenters. The van der Waals surface area contributed by atoms with Gasteiger partial charge in [-0.3, -0.25) is 0 Å². The van der Waals surface area contributed by atoms with Crippen molar-refractivity contribution in [2.75, 3.05) is 0 Å². The number of hydrogen-bond donors (Lipinski definition) is 0. The zero-order valence-corrected chi connectivity index (χ0v) is 15.5. The second-order valence-electron chi connectivity index (χ2n) is 7.36. The van der Waals surface area contributed by atoms with Gasteiger partial charge in [0.05, 0.1) is 5.54 Å². The second kappa shape index (κ2) is 15.3. The van der Waals surface area contributed by atoms with Crippen LogP contribution in [-0.4, -0.2) is 11.6 Å². The Balaban J connectivity index is 3.16. The summed E-state index contributed by atoms with van der Waals surface area (Å²) in [6.45, 7) is 6.31. The zero-order valence-electron chi connectivity index (χ0n) is 15.5. The summed E-state index contributed by atoms with van der Waals surface area (Å²) >= 11 is 0. The molecule has 22 heavy (non-hydrogen) atoms. The van der Waals surface area contributed by atoms with Gasteiger partial charge >= 0.3 is 0 Å². The van der Waals surface area contributed by atoms with Crippen molar-refractivity contribution in [3.63, 3.8) is 0 Å². The molecule has 0 heterocycles. The van der Waals surface area contributed by atoms with E-state index in [0.717, 1.165) is 6.42 Å². The third kappa shape index (κ3) is 15.8. The Morgan fingerprint density at radius 3 is 1.41 bits per heavy atom. The van der Waals surface area contributed by atoms with Gasteiger partial charge in [0.25, 0.3) is 0 Å². The lowest BCUT2D eigenvalue weighted by Crippen LogP contribution is -2.15. The standard InChI is InChI=1S/C20H39NO/c1-4-5-6-7-8-9-10-11-12-13-14-15-16-17-18-20(2,3)21-19-22/h4-18H2,1-3H3. The molecular formula is C20H39NO. The minimum absolute atomic E-state index is 0.209. The molecule has 0 aromatic carbocycles. The number of carbonyl (C=O) groups excluding carboxylic acids is 1. The Morgan fingerprint density at radius 2 is 1.05 bits per heavy atom. The molecule has 0 saturated carbocycles. The molecule has 0 radical (unpaired) electrons. The highest BCUT2D eigenvalue weighted by molar-refractivity contribution is 5.34. The predicted molar refractivity (Wildman–Crippen MR) is 97.1 cm³/mol. The molecule has 0 spiro atoms. The van der Waals surface area contributed by atoms with Crippen LogP contribution in [0, 0.1) is 0 Å². The van der Waals surface area contributed by atoms with Gasteiger partial charge < -0.3 is 0 Å². The van der Waals surface area contributed by atoms with Crippen LogP contribution < -0.4 is 0 Å². The molecule has 0 amide bonds. The Kier molecular flexibility index (Phi) is 14.9. The zero-order chi connectivity index (χ0) is 16.5. The van der Waals surface area contributed by atoms with Gasteiger partial charge in [-0.25, -0.2) is 4.79 Å². The fourth-order valence-electron chi connectivity index (χ4n) is 2.93. The summed E-state index contributed by atoms with van der Waals surface area (Å²) in [5.74, 6) is 0. The third-order valence-corrected chi connectivity index (χ3v) is 4.49. The van der Waals surface area contributed by atoms with Crippen molar-refractivity contribution in [2.24, 2.45) is 4.99 Å². The first-order valence-electron chi connectivity index (χ1n) is 9.71. The molecule has 0 N–H and O–H groups in total. The van der Waals surface area contributed by atoms with Crippen molar-refractivity contribution >= 4 is 6.08 Å². The van der Waals surface area contributed by atoms with E-state index >= 15 is 0 Å². The molecule has 0 bridgehead atoms. The second-order valence-corrected chi connectivity index (χ2v) is 7.36. The SMILES string of the molecule is CCCCCCCCCCCCCCCCC(C)(C)N=C=O. The van der Waals surface area contributed by atoms with Gasteiger partial charge in [0.15, 0.2) is 0 Å². The molecule has 0 aliphatic rings. The van der Waals surface area contributed by atoms with Crippen LogP contribution in [0.5, 0.6) is 0 Å². The van der Waals surface area contributed by atoms with Crippen molar-refractivity contribution in [3.8, 4) is 0 Å². The van der Waals surface area contributed by atoms with Crippen LogP contribution in [0.3, 0.4) is 0 Å². The highest BCUT2D eigenvalue weighted by atomic mass is 16.1. The van der Waals surface area contributed by atoms with Crippen molar-refractivity contribution in [3.05, 3.63) is 0 Å². The summed E-state index contributed by atoms with van der Waals surface area (Å²) in [5, 5.41) is 0. The van der Waals surface area contributed by atoms with Crippen LogP contribution in [0.4, 0.5) is 0 Å². The highest BCUT2D eigenvalue weighted by Crippen LogP contribution is 2.19. The van der Waals surface area contributed by atoms with E-state index < -0.39 is 0 Å². The molecular weight excluding hydrogens is 270 g/mol. The van der Waals surface area contributed by atoms with Crippen molar-refractivity contribution in [2.45, 2.75) is 123 Å². The van der Waals surface area contributed by atoms with Crippen LogP contribution in [0.2, 0.25) is 0 Å². The smallest absolute Gasteiger partial charge is 0.211 e. The number of isocyanates is 1. The van der Waals surface area contributed by atoms with Crippen molar-refractivity contribution < 1.29 is 4.79 Å². The monoisotopic (exact) mass is 309 g/mol. The molecule has 0 aliphatic carbocycles. The van der Waals surface area contributed by atoms with Crippen molar-refractivity contribution in [1.82, 2.24) is 0 Å². The molecule has 2 heteroatoms. The van der Waals surface area contributed by atoms with Gasteiger partial charge in [-0.2, -0.15) is 4.99 Å². The Morgan fingerprint density at radius 1 is 0.682 bits per heavy atom. The summed E-state index contributed by atoms with van der Waals surface area (Å²) in [5.41, 5.74) is -0.209. The normalized spacial score (nSPS) is 11.4. The van der Waals surface area contributed by atoms with Gasteiger partial charge in [0, 0.05) is 0 Å². The van der Waals surface area contributed by atoms with Crippen LogP contribution in [0.25, 0.3) is 0 Å². The van der Waals surface area contributed by atoms with E-state index in [1.54, 1.807) is 6.08 Å². The fraction of sp³-hybridized carbons (Fsp3) is 0.950. The Hall–Kier alpha value is -0.620. The maximum Gasteiger partial charge on any atom is 0.235 e. The number of hydrogen-bond acceptors (Lipinski definition) is 2. The summed E-state index contributed by atoms with van der Waals surface area (Å²) in [6, 6.07) is 0. The highest BCUT2D eigenvalue weighted by Gasteiger charge is 2.14. The first kappa shape index (κ1) is 21.4. The average Bonchev–Trinajstić information content (AvgIpc) is 2.47. The van der Waals surface area contributed by atoms with Crippen molar-refractivity contribution in [1.29, 1.82) is 0 Å². The molecule has 0 saturated heterocycles. The lowest BCUT2D eigenvalue weighted by Gasteiger charge is -2.16. The van der Waals surface area contributed by atoms with Crippen LogP contribution in [-0.2, 0) is 4.79 Å². The first-order valence-corrected chi connectivity index (χ1v) is 9.71. The number of rotatable bonds is 16. The van der Waals surface area contributed by atoms with E-state index in [4.69, 9.17) is 0 Å². The molecule has 130 valence electrons. The molecule has 0 unspecified atom stereocenters. The topological polar surface area (TPSA) is 29.4 Å². The lowest BCUT2D eigenvalue weighted by molar-refractivity contribution is 0.437. The fourth-order valence-corrected chi connectivity index (χ4v) is 2.93. The van der Waals surface area contributed by atoms with E-state index in [-0.39, 0.29) is 5.54 Å². The Labute approximate surface area is 139 Å². The number of aliphatic imine (C=N–C) groups is 1. The predicted octanol–water partition coefficient (Wildman–Crippen LogP) is 6.97. The van der Waals surface area contributed by atoms with E-state index in [0.29, 0.717) is 0 Å². The maximum absolute atomic E-state index is 10.3. The minimum Gasteiger partial charge on any atom is -0.211 e. The summed E-state index contributed by atoms with van der Waals surface area (Å²) in [4.78, 5) is 14.1. The average molecular weight is 310 g/mol. The molecule has 0 fully saturated rings. The largest absolute Gasteiger partial charge is 0.235 e. The van der Waals surface area contributed by atoms with Gasteiger partial charge in [0.2, 0.25) is 6.08 Å². The lowest BCUT2D eigenvalue weighted by atomic mass is 9.97.